The molecule has 4 aromatic rings. The van der Waals surface area contributed by atoms with Crippen LogP contribution in [0.2, 0.25) is 0 Å². The first-order valence-electron chi connectivity index (χ1n) is 10.6. The molecule has 0 unspecified atom stereocenters. The summed E-state index contributed by atoms with van der Waals surface area (Å²) < 4.78 is 4.30. The van der Waals surface area contributed by atoms with Crippen molar-refractivity contribution in [1.29, 1.82) is 0 Å². The van der Waals surface area contributed by atoms with Gasteiger partial charge in [-0.05, 0) is 43.2 Å². The van der Waals surface area contributed by atoms with E-state index in [2.05, 4.69) is 141 Å². The monoisotopic (exact) mass is 411 g/mol. The van der Waals surface area contributed by atoms with Crippen LogP contribution in [-0.2, 0) is 14.1 Å². The van der Waals surface area contributed by atoms with Crippen LogP contribution in [0.5, 0.6) is 0 Å². The minimum absolute atomic E-state index is 1.22. The predicted octanol–water partition coefficient (Wildman–Crippen LogP) is 5.04. The van der Waals surface area contributed by atoms with Crippen molar-refractivity contribution in [3.05, 3.63) is 102 Å². The molecule has 0 spiro atoms. The Balaban J connectivity index is 0.000000179. The van der Waals surface area contributed by atoms with E-state index >= 15 is 0 Å². The van der Waals surface area contributed by atoms with Crippen LogP contribution in [-0.4, -0.2) is 14.1 Å². The highest BCUT2D eigenvalue weighted by atomic mass is 15.1. The van der Waals surface area contributed by atoms with Crippen LogP contribution < -0.4 is 14.0 Å². The van der Waals surface area contributed by atoms with Gasteiger partial charge < -0.3 is 4.90 Å². The van der Waals surface area contributed by atoms with E-state index in [4.69, 9.17) is 0 Å². The first-order chi connectivity index (χ1) is 14.9. The molecule has 0 aliphatic rings. The van der Waals surface area contributed by atoms with E-state index < -0.39 is 0 Å². The van der Waals surface area contributed by atoms with Crippen LogP contribution in [0.4, 0.5) is 5.69 Å². The van der Waals surface area contributed by atoms with Crippen molar-refractivity contribution in [3.63, 3.8) is 0 Å². The van der Waals surface area contributed by atoms with Crippen molar-refractivity contribution in [2.45, 2.75) is 13.8 Å². The number of hydrogen-bond acceptors (Lipinski definition) is 1. The molecule has 4 rings (SSSR count). The fourth-order valence-corrected chi connectivity index (χ4v) is 3.63. The average Bonchev–Trinajstić information content (AvgIpc) is 2.76. The second-order valence-electron chi connectivity index (χ2n) is 8.10. The summed E-state index contributed by atoms with van der Waals surface area (Å²) in [5.74, 6) is 0. The predicted molar refractivity (Wildman–Crippen MR) is 130 cm³/mol. The molecule has 0 bridgehead atoms. The molecule has 0 N–H and O–H groups in total. The summed E-state index contributed by atoms with van der Waals surface area (Å²) in [5.41, 5.74) is 8.93. The third kappa shape index (κ3) is 5.37. The summed E-state index contributed by atoms with van der Waals surface area (Å²) in [7, 11) is 8.29. The molecule has 0 saturated heterocycles. The van der Waals surface area contributed by atoms with Gasteiger partial charge in [0.1, 0.15) is 14.1 Å². The number of aromatic nitrogens is 2. The number of pyridine rings is 2. The minimum Gasteiger partial charge on any atom is -0.377 e. The molecule has 0 atom stereocenters. The lowest BCUT2D eigenvalue weighted by atomic mass is 10.0. The van der Waals surface area contributed by atoms with E-state index in [1.807, 2.05) is 6.07 Å². The van der Waals surface area contributed by atoms with Crippen LogP contribution in [0, 0.1) is 13.8 Å². The number of aryl methyl sites for hydroxylation is 4. The Morgan fingerprint density at radius 3 is 1.65 bits per heavy atom. The standard InChI is InChI=1S/C15H19N2.C13H14N/c1-12-7-5-6-8-14(12)15-11-13(16(2)3)9-10-17(15)4;1-11-7-3-4-8-12(11)13-9-5-6-10-14(13)2/h5-11H,1-4H3;3-10H,1-2H3/q2*+1. The van der Waals surface area contributed by atoms with Crippen molar-refractivity contribution in [1.82, 2.24) is 0 Å². The van der Waals surface area contributed by atoms with Gasteiger partial charge in [-0.15, -0.1) is 0 Å². The normalized spacial score (nSPS) is 10.3. The Labute approximate surface area is 186 Å². The van der Waals surface area contributed by atoms with E-state index in [1.54, 1.807) is 0 Å². The summed E-state index contributed by atoms with van der Waals surface area (Å²) in [6.45, 7) is 4.29. The van der Waals surface area contributed by atoms with Gasteiger partial charge in [0.05, 0.1) is 0 Å². The van der Waals surface area contributed by atoms with Crippen molar-refractivity contribution in [2.24, 2.45) is 14.1 Å². The lowest BCUT2D eigenvalue weighted by Gasteiger charge is -2.13. The van der Waals surface area contributed by atoms with Gasteiger partial charge in [-0.3, -0.25) is 0 Å². The molecule has 2 aromatic heterocycles. The summed E-state index contributed by atoms with van der Waals surface area (Å²) in [5, 5.41) is 0. The molecular weight excluding hydrogens is 378 g/mol. The van der Waals surface area contributed by atoms with Crippen LogP contribution in [0.3, 0.4) is 0 Å². The largest absolute Gasteiger partial charge is 0.377 e. The molecule has 0 radical (unpaired) electrons. The number of hydrogen-bond donors (Lipinski definition) is 0. The highest BCUT2D eigenvalue weighted by Gasteiger charge is 2.13. The summed E-state index contributed by atoms with van der Waals surface area (Å²) >= 11 is 0. The molecule has 0 fully saturated rings. The van der Waals surface area contributed by atoms with Gasteiger partial charge in [0.15, 0.2) is 12.4 Å². The first kappa shape index (κ1) is 22.2. The fourth-order valence-electron chi connectivity index (χ4n) is 3.63. The first-order valence-corrected chi connectivity index (χ1v) is 10.6. The van der Waals surface area contributed by atoms with Crippen molar-refractivity contribution in [2.75, 3.05) is 19.0 Å². The molecule has 0 amide bonds. The smallest absolute Gasteiger partial charge is 0.214 e. The maximum atomic E-state index is 2.22. The van der Waals surface area contributed by atoms with E-state index in [0.29, 0.717) is 0 Å². The molecule has 31 heavy (non-hydrogen) atoms. The van der Waals surface area contributed by atoms with Gasteiger partial charge in [-0.25, -0.2) is 9.13 Å². The quantitative estimate of drug-likeness (QED) is 0.430. The van der Waals surface area contributed by atoms with Gasteiger partial charge >= 0.3 is 0 Å². The van der Waals surface area contributed by atoms with Gasteiger partial charge in [0, 0.05) is 55.2 Å². The van der Waals surface area contributed by atoms with E-state index in [9.17, 15) is 0 Å². The molecular formula is C28H33N3+2. The maximum Gasteiger partial charge on any atom is 0.214 e. The van der Waals surface area contributed by atoms with Crippen LogP contribution >= 0.6 is 0 Å². The lowest BCUT2D eigenvalue weighted by molar-refractivity contribution is -0.660. The molecule has 0 saturated carbocycles. The topological polar surface area (TPSA) is 11.0 Å². The van der Waals surface area contributed by atoms with Crippen LogP contribution in [0.15, 0.2) is 91.3 Å². The van der Waals surface area contributed by atoms with Crippen LogP contribution in [0.1, 0.15) is 11.1 Å². The Hall–Kier alpha value is -3.46. The third-order valence-corrected chi connectivity index (χ3v) is 5.55. The highest BCUT2D eigenvalue weighted by Crippen LogP contribution is 2.23. The van der Waals surface area contributed by atoms with E-state index in [-0.39, 0.29) is 0 Å². The van der Waals surface area contributed by atoms with Crippen molar-refractivity contribution < 1.29 is 9.13 Å². The second kappa shape index (κ2) is 10.0. The molecule has 158 valence electrons. The summed E-state index contributed by atoms with van der Waals surface area (Å²) in [6.07, 6.45) is 4.18. The van der Waals surface area contributed by atoms with Gasteiger partial charge in [0.2, 0.25) is 11.4 Å². The fraction of sp³-hybridized carbons (Fsp3) is 0.214. The molecule has 2 heterocycles. The SMILES string of the molecule is Cc1ccccc1-c1cc(N(C)C)cc[n+]1C.Cc1ccccc1-c1cccc[n+]1C. The van der Waals surface area contributed by atoms with Crippen molar-refractivity contribution in [3.8, 4) is 22.5 Å². The molecule has 2 aromatic carbocycles. The van der Waals surface area contributed by atoms with Gasteiger partial charge in [-0.2, -0.15) is 0 Å². The third-order valence-electron chi connectivity index (χ3n) is 5.55. The zero-order chi connectivity index (χ0) is 22.4. The number of rotatable bonds is 3. The molecule has 0 aliphatic heterocycles. The van der Waals surface area contributed by atoms with E-state index in [0.717, 1.165) is 0 Å². The minimum atomic E-state index is 1.22. The van der Waals surface area contributed by atoms with Gasteiger partial charge in [0.25, 0.3) is 0 Å². The summed E-state index contributed by atoms with van der Waals surface area (Å²) in [6, 6.07) is 27.5. The second-order valence-corrected chi connectivity index (χ2v) is 8.10. The summed E-state index contributed by atoms with van der Waals surface area (Å²) in [4.78, 5) is 2.13. The van der Waals surface area contributed by atoms with E-state index in [1.165, 1.54) is 39.3 Å². The number of benzene rings is 2. The van der Waals surface area contributed by atoms with Crippen molar-refractivity contribution >= 4 is 5.69 Å². The lowest BCUT2D eigenvalue weighted by Crippen LogP contribution is -2.31. The number of nitrogens with zero attached hydrogens (tertiary/aromatic N) is 3. The molecule has 3 nitrogen and oxygen atoms in total. The Morgan fingerprint density at radius 1 is 0.581 bits per heavy atom. The zero-order valence-electron chi connectivity index (χ0n) is 19.5. The Bertz CT molecular complexity index is 1120. The maximum absolute atomic E-state index is 2.22. The van der Waals surface area contributed by atoms with Crippen LogP contribution in [0.25, 0.3) is 22.5 Å². The number of anilines is 1. The Kier molecular flexibility index (Phi) is 7.19. The molecule has 3 heteroatoms. The Morgan fingerprint density at radius 2 is 1.10 bits per heavy atom. The van der Waals surface area contributed by atoms with Gasteiger partial charge in [-0.1, -0.05) is 36.4 Å². The zero-order valence-corrected chi connectivity index (χ0v) is 19.5. The molecule has 0 aliphatic carbocycles. The average molecular weight is 412 g/mol. The highest BCUT2D eigenvalue weighted by molar-refractivity contribution is 5.64.